The molecule has 0 atom stereocenters. The van der Waals surface area contributed by atoms with Gasteiger partial charge in [0.15, 0.2) is 0 Å². The number of anilines is 1. The predicted molar refractivity (Wildman–Crippen MR) is 110 cm³/mol. The van der Waals surface area contributed by atoms with Crippen LogP contribution < -0.4 is 10.1 Å². The van der Waals surface area contributed by atoms with Gasteiger partial charge in [-0.05, 0) is 29.1 Å². The van der Waals surface area contributed by atoms with Crippen molar-refractivity contribution in [2.75, 3.05) is 12.4 Å². The zero-order chi connectivity index (χ0) is 18.6. The number of thiazole rings is 1. The fraction of sp³-hybridized carbons (Fsp3) is 0.0909. The quantitative estimate of drug-likeness (QED) is 0.526. The van der Waals surface area contributed by atoms with Crippen LogP contribution in [0.1, 0.15) is 21.1 Å². The molecular weight excluding hydrogens is 356 g/mol. The highest BCUT2D eigenvalue weighted by molar-refractivity contribution is 7.09. The topological polar surface area (TPSA) is 51.2 Å². The van der Waals surface area contributed by atoms with E-state index in [-0.39, 0.29) is 5.91 Å². The minimum atomic E-state index is -0.191. The Morgan fingerprint density at radius 2 is 1.81 bits per heavy atom. The highest BCUT2D eigenvalue weighted by Crippen LogP contribution is 2.24. The van der Waals surface area contributed by atoms with Gasteiger partial charge in [0.05, 0.1) is 12.1 Å². The summed E-state index contributed by atoms with van der Waals surface area (Å²) in [5.41, 5.74) is 2.37. The molecule has 1 heterocycles. The van der Waals surface area contributed by atoms with Crippen molar-refractivity contribution in [3.05, 3.63) is 88.4 Å². The molecular formula is C22H18N2O2S. The highest BCUT2D eigenvalue weighted by atomic mass is 32.1. The minimum absolute atomic E-state index is 0.191. The summed E-state index contributed by atoms with van der Waals surface area (Å²) in [5.74, 6) is 0.636. The average molecular weight is 374 g/mol. The molecule has 1 amide bonds. The fourth-order valence-corrected chi connectivity index (χ4v) is 3.74. The number of benzene rings is 3. The predicted octanol–water partition coefficient (Wildman–Crippen LogP) is 5.15. The number of amides is 1. The first-order valence-corrected chi connectivity index (χ1v) is 9.47. The van der Waals surface area contributed by atoms with E-state index in [2.05, 4.69) is 10.3 Å². The molecule has 0 aliphatic carbocycles. The number of aromatic nitrogens is 1. The summed E-state index contributed by atoms with van der Waals surface area (Å²) in [7, 11) is 1.65. The lowest BCUT2D eigenvalue weighted by Gasteiger charge is -2.07. The van der Waals surface area contributed by atoms with E-state index < -0.39 is 0 Å². The van der Waals surface area contributed by atoms with Gasteiger partial charge in [-0.15, -0.1) is 11.3 Å². The van der Waals surface area contributed by atoms with Crippen LogP contribution in [0.3, 0.4) is 0 Å². The largest absolute Gasteiger partial charge is 0.497 e. The summed E-state index contributed by atoms with van der Waals surface area (Å²) >= 11 is 1.49. The third-order valence-corrected chi connectivity index (χ3v) is 5.19. The van der Waals surface area contributed by atoms with Crippen LogP contribution in [0.15, 0.2) is 72.1 Å². The molecule has 3 aromatic carbocycles. The van der Waals surface area contributed by atoms with Crippen molar-refractivity contribution in [1.29, 1.82) is 0 Å². The number of carbonyl (C=O) groups is 1. The van der Waals surface area contributed by atoms with Crippen molar-refractivity contribution in [3.63, 3.8) is 0 Å². The smallest absolute Gasteiger partial charge is 0.275 e. The van der Waals surface area contributed by atoms with Crippen molar-refractivity contribution >= 4 is 33.7 Å². The third kappa shape index (κ3) is 3.83. The third-order valence-electron chi connectivity index (χ3n) is 4.34. The van der Waals surface area contributed by atoms with E-state index in [1.54, 1.807) is 12.5 Å². The lowest BCUT2D eigenvalue weighted by molar-refractivity contribution is 0.102. The van der Waals surface area contributed by atoms with Crippen LogP contribution in [0.4, 0.5) is 5.69 Å². The Hall–Kier alpha value is -3.18. The van der Waals surface area contributed by atoms with Gasteiger partial charge in [-0.25, -0.2) is 4.98 Å². The number of fused-ring (bicyclic) bond motifs is 1. The Bertz CT molecular complexity index is 1080. The van der Waals surface area contributed by atoms with Gasteiger partial charge < -0.3 is 10.1 Å². The minimum Gasteiger partial charge on any atom is -0.497 e. The van der Waals surface area contributed by atoms with Crippen molar-refractivity contribution in [1.82, 2.24) is 4.98 Å². The SMILES string of the molecule is COc1ccc(Cc2nc(C(=O)Nc3cccc4ccccc34)cs2)cc1. The Kier molecular flexibility index (Phi) is 4.85. The standard InChI is InChI=1S/C22H18N2O2S/c1-26-17-11-9-15(10-12-17)13-21-23-20(14-27-21)22(25)24-19-8-4-6-16-5-2-3-7-18(16)19/h2-12,14H,13H2,1H3,(H,24,25). The van der Waals surface area contributed by atoms with Gasteiger partial charge in [-0.2, -0.15) is 0 Å². The molecule has 0 fully saturated rings. The average Bonchev–Trinajstić information content (AvgIpc) is 3.17. The molecule has 4 rings (SSSR count). The second kappa shape index (κ2) is 7.60. The number of carbonyl (C=O) groups excluding carboxylic acids is 1. The molecule has 4 nitrogen and oxygen atoms in total. The second-order valence-electron chi connectivity index (χ2n) is 6.13. The van der Waals surface area contributed by atoms with E-state index in [1.165, 1.54) is 11.3 Å². The van der Waals surface area contributed by atoms with Gasteiger partial charge >= 0.3 is 0 Å². The molecule has 0 spiro atoms. The van der Waals surface area contributed by atoms with Crippen LogP contribution in [-0.4, -0.2) is 18.0 Å². The zero-order valence-electron chi connectivity index (χ0n) is 14.8. The lowest BCUT2D eigenvalue weighted by atomic mass is 10.1. The molecule has 27 heavy (non-hydrogen) atoms. The summed E-state index contributed by atoms with van der Waals surface area (Å²) in [4.78, 5) is 17.1. The maximum absolute atomic E-state index is 12.6. The summed E-state index contributed by atoms with van der Waals surface area (Å²) in [6.45, 7) is 0. The molecule has 0 aliphatic heterocycles. The van der Waals surface area contributed by atoms with Gasteiger partial charge in [0.25, 0.3) is 5.91 Å². The van der Waals surface area contributed by atoms with Crippen LogP contribution >= 0.6 is 11.3 Å². The molecule has 0 bridgehead atoms. The Balaban J connectivity index is 1.49. The van der Waals surface area contributed by atoms with Crippen molar-refractivity contribution < 1.29 is 9.53 Å². The summed E-state index contributed by atoms with van der Waals surface area (Å²) in [5, 5.41) is 7.80. The monoisotopic (exact) mass is 374 g/mol. The number of nitrogens with one attached hydrogen (secondary N) is 1. The first-order valence-electron chi connectivity index (χ1n) is 8.59. The van der Waals surface area contributed by atoms with Crippen LogP contribution in [-0.2, 0) is 6.42 Å². The van der Waals surface area contributed by atoms with E-state index >= 15 is 0 Å². The van der Waals surface area contributed by atoms with Crippen LogP contribution in [0.2, 0.25) is 0 Å². The normalized spacial score (nSPS) is 10.7. The van der Waals surface area contributed by atoms with Crippen LogP contribution in [0.5, 0.6) is 5.75 Å². The van der Waals surface area contributed by atoms with E-state index in [1.807, 2.05) is 66.7 Å². The Morgan fingerprint density at radius 3 is 2.63 bits per heavy atom. The zero-order valence-corrected chi connectivity index (χ0v) is 15.6. The highest BCUT2D eigenvalue weighted by Gasteiger charge is 2.13. The number of methoxy groups -OCH3 is 1. The number of rotatable bonds is 5. The number of hydrogen-bond donors (Lipinski definition) is 1. The number of hydrogen-bond acceptors (Lipinski definition) is 4. The van der Waals surface area contributed by atoms with E-state index in [0.717, 1.165) is 32.8 Å². The molecule has 134 valence electrons. The number of nitrogens with zero attached hydrogens (tertiary/aromatic N) is 1. The Morgan fingerprint density at radius 1 is 1.04 bits per heavy atom. The first-order chi connectivity index (χ1) is 13.2. The Labute approximate surface area is 161 Å². The van der Waals surface area contributed by atoms with E-state index in [4.69, 9.17) is 4.74 Å². The maximum atomic E-state index is 12.6. The van der Waals surface area contributed by atoms with Crippen LogP contribution in [0, 0.1) is 0 Å². The van der Waals surface area contributed by atoms with Gasteiger partial charge in [0.2, 0.25) is 0 Å². The number of ether oxygens (including phenoxy) is 1. The molecule has 4 aromatic rings. The summed E-state index contributed by atoms with van der Waals surface area (Å²) < 4.78 is 5.18. The first kappa shape index (κ1) is 17.2. The summed E-state index contributed by atoms with van der Waals surface area (Å²) in [6, 6.07) is 21.7. The molecule has 0 radical (unpaired) electrons. The molecule has 0 saturated carbocycles. The van der Waals surface area contributed by atoms with Crippen molar-refractivity contribution in [3.8, 4) is 5.75 Å². The molecule has 0 aliphatic rings. The molecule has 1 N–H and O–H groups in total. The molecule has 5 heteroatoms. The molecule has 0 unspecified atom stereocenters. The van der Waals surface area contributed by atoms with Gasteiger partial charge in [-0.3, -0.25) is 4.79 Å². The second-order valence-corrected chi connectivity index (χ2v) is 7.07. The molecule has 0 saturated heterocycles. The maximum Gasteiger partial charge on any atom is 0.275 e. The van der Waals surface area contributed by atoms with E-state index in [0.29, 0.717) is 12.1 Å². The summed E-state index contributed by atoms with van der Waals surface area (Å²) in [6.07, 6.45) is 0.691. The van der Waals surface area contributed by atoms with Crippen molar-refractivity contribution in [2.45, 2.75) is 6.42 Å². The van der Waals surface area contributed by atoms with Gasteiger partial charge in [0, 0.05) is 22.9 Å². The van der Waals surface area contributed by atoms with Gasteiger partial charge in [-0.1, -0.05) is 48.5 Å². The molecule has 1 aromatic heterocycles. The van der Waals surface area contributed by atoms with Crippen molar-refractivity contribution in [2.24, 2.45) is 0 Å². The fourth-order valence-electron chi connectivity index (χ4n) is 2.94. The van der Waals surface area contributed by atoms with E-state index in [9.17, 15) is 4.79 Å². The van der Waals surface area contributed by atoms with Gasteiger partial charge in [0.1, 0.15) is 11.4 Å². The van der Waals surface area contributed by atoms with Crippen LogP contribution in [0.25, 0.3) is 10.8 Å². The lowest BCUT2D eigenvalue weighted by Crippen LogP contribution is -2.12.